The first-order chi connectivity index (χ1) is 4.85. The van der Waals surface area contributed by atoms with E-state index >= 15 is 0 Å². The monoisotopic (exact) mass is 148 g/mol. The van der Waals surface area contributed by atoms with Gasteiger partial charge >= 0.3 is 0 Å². The van der Waals surface area contributed by atoms with Gasteiger partial charge in [0, 0.05) is 19.6 Å². The Bertz CT molecular complexity index is 56.5. The summed E-state index contributed by atoms with van der Waals surface area (Å²) >= 11 is 0. The highest BCUT2D eigenvalue weighted by Gasteiger charge is 1.99. The maximum atomic E-state index is 8.53. The number of rotatable bonds is 6. The van der Waals surface area contributed by atoms with E-state index in [2.05, 4.69) is 0 Å². The molecule has 0 fully saturated rings. The quantitative estimate of drug-likeness (QED) is 0.484. The van der Waals surface area contributed by atoms with Gasteiger partial charge in [-0.25, -0.2) is 0 Å². The van der Waals surface area contributed by atoms with Gasteiger partial charge in [-0.1, -0.05) is 0 Å². The highest BCUT2D eigenvalue weighted by Crippen LogP contribution is 1.86. The highest BCUT2D eigenvalue weighted by molar-refractivity contribution is 4.44. The standard InChI is InChI=1S/C6H16N2O2/c1-2-10-8(4-3-7)5-6-9/h9H,2-7H2,1H3. The maximum Gasteiger partial charge on any atom is 0.0656 e. The van der Waals surface area contributed by atoms with E-state index in [0.717, 1.165) is 0 Å². The second-order valence-electron chi connectivity index (χ2n) is 1.86. The van der Waals surface area contributed by atoms with E-state index in [9.17, 15) is 0 Å². The molecule has 0 amide bonds. The van der Waals surface area contributed by atoms with E-state index < -0.39 is 0 Å². The molecule has 0 aliphatic heterocycles. The van der Waals surface area contributed by atoms with Crippen LogP contribution in [-0.2, 0) is 4.84 Å². The van der Waals surface area contributed by atoms with Crippen LogP contribution in [0.3, 0.4) is 0 Å². The van der Waals surface area contributed by atoms with E-state index in [0.29, 0.717) is 26.2 Å². The zero-order valence-electron chi connectivity index (χ0n) is 6.42. The van der Waals surface area contributed by atoms with Gasteiger partial charge in [0.2, 0.25) is 0 Å². The van der Waals surface area contributed by atoms with Gasteiger partial charge in [-0.2, -0.15) is 5.06 Å². The van der Waals surface area contributed by atoms with E-state index in [-0.39, 0.29) is 6.61 Å². The van der Waals surface area contributed by atoms with Crippen LogP contribution in [0.1, 0.15) is 6.92 Å². The molecule has 0 bridgehead atoms. The van der Waals surface area contributed by atoms with Gasteiger partial charge < -0.3 is 10.8 Å². The lowest BCUT2D eigenvalue weighted by atomic mass is 10.6. The van der Waals surface area contributed by atoms with Crippen molar-refractivity contribution in [3.05, 3.63) is 0 Å². The Morgan fingerprint density at radius 1 is 1.50 bits per heavy atom. The van der Waals surface area contributed by atoms with Crippen molar-refractivity contribution in [2.24, 2.45) is 5.73 Å². The SMILES string of the molecule is CCON(CCN)CCO. The van der Waals surface area contributed by atoms with Crippen molar-refractivity contribution >= 4 is 0 Å². The Labute approximate surface area is 61.5 Å². The number of aliphatic hydroxyl groups is 1. The summed E-state index contributed by atoms with van der Waals surface area (Å²) in [5, 5.41) is 10.2. The molecule has 10 heavy (non-hydrogen) atoms. The lowest BCUT2D eigenvalue weighted by Crippen LogP contribution is -2.32. The smallest absolute Gasteiger partial charge is 0.0656 e. The summed E-state index contributed by atoms with van der Waals surface area (Å²) in [5.41, 5.74) is 5.29. The number of nitrogens with zero attached hydrogens (tertiary/aromatic N) is 1. The Kier molecular flexibility index (Phi) is 6.84. The molecule has 0 unspecified atom stereocenters. The average molecular weight is 148 g/mol. The summed E-state index contributed by atoms with van der Waals surface area (Å²) in [7, 11) is 0. The van der Waals surface area contributed by atoms with Gasteiger partial charge in [-0.05, 0) is 6.92 Å². The van der Waals surface area contributed by atoms with Crippen LogP contribution in [0.15, 0.2) is 0 Å². The third-order valence-corrected chi connectivity index (χ3v) is 1.04. The van der Waals surface area contributed by atoms with Gasteiger partial charge in [-0.3, -0.25) is 4.84 Å². The Morgan fingerprint density at radius 3 is 2.60 bits per heavy atom. The largest absolute Gasteiger partial charge is 0.395 e. The second kappa shape index (κ2) is 6.95. The molecule has 3 N–H and O–H groups in total. The van der Waals surface area contributed by atoms with Crippen LogP contribution in [-0.4, -0.2) is 43.0 Å². The van der Waals surface area contributed by atoms with Crippen LogP contribution >= 0.6 is 0 Å². The summed E-state index contributed by atoms with van der Waals surface area (Å²) in [6.45, 7) is 4.40. The molecular weight excluding hydrogens is 132 g/mol. The first-order valence-corrected chi connectivity index (χ1v) is 3.54. The Balaban J connectivity index is 3.30. The molecule has 0 radical (unpaired) electrons. The fourth-order valence-corrected chi connectivity index (χ4v) is 0.679. The molecule has 0 aliphatic rings. The number of aliphatic hydroxyl groups excluding tert-OH is 1. The molecule has 0 saturated heterocycles. The molecule has 0 atom stereocenters. The summed E-state index contributed by atoms with van der Waals surface area (Å²) in [6.07, 6.45) is 0. The first-order valence-electron chi connectivity index (χ1n) is 3.54. The van der Waals surface area contributed by atoms with Gasteiger partial charge in [0.15, 0.2) is 0 Å². The number of hydrogen-bond acceptors (Lipinski definition) is 4. The van der Waals surface area contributed by atoms with Crippen LogP contribution in [0.5, 0.6) is 0 Å². The van der Waals surface area contributed by atoms with Crippen LogP contribution < -0.4 is 5.73 Å². The van der Waals surface area contributed by atoms with Crippen molar-refractivity contribution in [3.63, 3.8) is 0 Å². The highest BCUT2D eigenvalue weighted by atomic mass is 16.7. The molecule has 0 aromatic rings. The third kappa shape index (κ3) is 4.69. The van der Waals surface area contributed by atoms with Gasteiger partial charge in [-0.15, -0.1) is 0 Å². The zero-order valence-corrected chi connectivity index (χ0v) is 6.42. The molecule has 0 spiro atoms. The van der Waals surface area contributed by atoms with E-state index in [4.69, 9.17) is 15.7 Å². The lowest BCUT2D eigenvalue weighted by molar-refractivity contribution is -0.157. The summed E-state index contributed by atoms with van der Waals surface area (Å²) in [4.78, 5) is 5.12. The van der Waals surface area contributed by atoms with E-state index in [1.807, 2.05) is 6.92 Å². The molecule has 0 aromatic carbocycles. The van der Waals surface area contributed by atoms with Gasteiger partial charge in [0.1, 0.15) is 0 Å². The molecule has 0 aromatic heterocycles. The predicted octanol–water partition coefficient (Wildman–Crippen LogP) is -0.809. The van der Waals surface area contributed by atoms with Crippen molar-refractivity contribution in [2.45, 2.75) is 6.92 Å². The molecule has 62 valence electrons. The number of hydrogen-bond donors (Lipinski definition) is 2. The fourth-order valence-electron chi connectivity index (χ4n) is 0.679. The van der Waals surface area contributed by atoms with Gasteiger partial charge in [0.25, 0.3) is 0 Å². The summed E-state index contributed by atoms with van der Waals surface area (Å²) < 4.78 is 0. The number of nitrogens with two attached hydrogens (primary N) is 1. The van der Waals surface area contributed by atoms with Crippen molar-refractivity contribution in [3.8, 4) is 0 Å². The molecular formula is C6H16N2O2. The summed E-state index contributed by atoms with van der Waals surface area (Å²) in [6, 6.07) is 0. The maximum absolute atomic E-state index is 8.53. The van der Waals surface area contributed by atoms with Crippen LogP contribution in [0, 0.1) is 0 Å². The molecule has 4 nitrogen and oxygen atoms in total. The summed E-state index contributed by atoms with van der Waals surface area (Å²) in [5.74, 6) is 0. The van der Waals surface area contributed by atoms with Crippen LogP contribution in [0.2, 0.25) is 0 Å². The van der Waals surface area contributed by atoms with Crippen molar-refractivity contribution in [1.82, 2.24) is 5.06 Å². The molecule has 0 aliphatic carbocycles. The van der Waals surface area contributed by atoms with E-state index in [1.54, 1.807) is 5.06 Å². The zero-order chi connectivity index (χ0) is 7.82. The number of hydroxylamine groups is 2. The fraction of sp³-hybridized carbons (Fsp3) is 1.00. The molecule has 0 rings (SSSR count). The minimum absolute atomic E-state index is 0.111. The minimum Gasteiger partial charge on any atom is -0.395 e. The van der Waals surface area contributed by atoms with Crippen molar-refractivity contribution in [2.75, 3.05) is 32.8 Å². The normalized spacial score (nSPS) is 10.8. The topological polar surface area (TPSA) is 58.7 Å². The predicted molar refractivity (Wildman–Crippen MR) is 39.3 cm³/mol. The average Bonchev–Trinajstić information content (AvgIpc) is 1.90. The van der Waals surface area contributed by atoms with Crippen molar-refractivity contribution in [1.29, 1.82) is 0 Å². The Morgan fingerprint density at radius 2 is 2.20 bits per heavy atom. The molecule has 0 saturated carbocycles. The molecule has 4 heteroatoms. The minimum atomic E-state index is 0.111. The third-order valence-electron chi connectivity index (χ3n) is 1.04. The van der Waals surface area contributed by atoms with Crippen LogP contribution in [0.25, 0.3) is 0 Å². The first kappa shape index (κ1) is 9.84. The lowest BCUT2D eigenvalue weighted by Gasteiger charge is -2.18. The molecule has 0 heterocycles. The van der Waals surface area contributed by atoms with E-state index in [1.165, 1.54) is 0 Å². The van der Waals surface area contributed by atoms with Crippen LogP contribution in [0.4, 0.5) is 0 Å². The second-order valence-corrected chi connectivity index (χ2v) is 1.86. The van der Waals surface area contributed by atoms with Crippen molar-refractivity contribution < 1.29 is 9.94 Å². The Hall–Kier alpha value is -0.160. The van der Waals surface area contributed by atoms with Gasteiger partial charge in [0.05, 0.1) is 13.2 Å².